The van der Waals surface area contributed by atoms with E-state index in [0.29, 0.717) is 0 Å². The SMILES string of the molecule is COc1nc(C)cc(C(F)F)c1S(=O)(=O)Cl. The Morgan fingerprint density at radius 2 is 2.06 bits per heavy atom. The molecule has 8 heteroatoms. The summed E-state index contributed by atoms with van der Waals surface area (Å²) in [5.74, 6) is -0.426. The standard InChI is InChI=1S/C8H8ClF2NO3S/c1-4-3-5(7(10)11)6(16(9,13)14)8(12-4)15-2/h3,7H,1-2H3. The largest absolute Gasteiger partial charge is 0.480 e. The highest BCUT2D eigenvalue weighted by Crippen LogP contribution is 2.34. The van der Waals surface area contributed by atoms with Gasteiger partial charge >= 0.3 is 0 Å². The first-order valence-corrected chi connectivity index (χ1v) is 6.36. The molecule has 16 heavy (non-hydrogen) atoms. The second-order valence-corrected chi connectivity index (χ2v) is 5.43. The van der Waals surface area contributed by atoms with Crippen molar-refractivity contribution in [3.63, 3.8) is 0 Å². The van der Waals surface area contributed by atoms with E-state index in [0.717, 1.165) is 13.2 Å². The van der Waals surface area contributed by atoms with Crippen LogP contribution in [0.2, 0.25) is 0 Å². The van der Waals surface area contributed by atoms with Crippen molar-refractivity contribution in [1.29, 1.82) is 0 Å². The Bertz CT molecular complexity index is 504. The number of hydrogen-bond acceptors (Lipinski definition) is 4. The van der Waals surface area contributed by atoms with E-state index in [1.54, 1.807) is 0 Å². The number of hydrogen-bond donors (Lipinski definition) is 0. The molecular weight excluding hydrogens is 264 g/mol. The van der Waals surface area contributed by atoms with E-state index in [-0.39, 0.29) is 5.69 Å². The number of methoxy groups -OCH3 is 1. The molecule has 0 saturated carbocycles. The Hall–Kier alpha value is -0.950. The minimum Gasteiger partial charge on any atom is -0.480 e. The normalized spacial score (nSPS) is 11.9. The van der Waals surface area contributed by atoms with Crippen molar-refractivity contribution < 1.29 is 21.9 Å². The molecule has 1 rings (SSSR count). The van der Waals surface area contributed by atoms with Crippen LogP contribution in [-0.2, 0) is 9.05 Å². The molecule has 0 fully saturated rings. The molecule has 0 N–H and O–H groups in total. The number of ether oxygens (including phenoxy) is 1. The van der Waals surface area contributed by atoms with Crippen LogP contribution in [0, 0.1) is 6.92 Å². The third-order valence-corrected chi connectivity index (χ3v) is 3.13. The second-order valence-electron chi connectivity index (χ2n) is 2.93. The van der Waals surface area contributed by atoms with Gasteiger partial charge < -0.3 is 4.74 Å². The topological polar surface area (TPSA) is 56.3 Å². The highest BCUT2D eigenvalue weighted by molar-refractivity contribution is 8.13. The predicted molar refractivity (Wildman–Crippen MR) is 53.5 cm³/mol. The molecule has 1 aromatic heterocycles. The summed E-state index contributed by atoms with van der Waals surface area (Å²) in [5, 5.41) is 0. The fourth-order valence-electron chi connectivity index (χ4n) is 1.20. The molecule has 0 spiro atoms. The van der Waals surface area contributed by atoms with E-state index < -0.39 is 31.8 Å². The predicted octanol–water partition coefficient (Wildman–Crippen LogP) is 2.26. The van der Waals surface area contributed by atoms with Gasteiger partial charge in [-0.05, 0) is 13.0 Å². The van der Waals surface area contributed by atoms with Crippen LogP contribution in [-0.4, -0.2) is 20.5 Å². The van der Waals surface area contributed by atoms with Crippen LogP contribution in [0.1, 0.15) is 17.7 Å². The van der Waals surface area contributed by atoms with Crippen molar-refractivity contribution in [1.82, 2.24) is 4.98 Å². The van der Waals surface area contributed by atoms with Gasteiger partial charge in [0.2, 0.25) is 5.88 Å². The average Bonchev–Trinajstić information content (AvgIpc) is 2.14. The minimum absolute atomic E-state index is 0.219. The summed E-state index contributed by atoms with van der Waals surface area (Å²) >= 11 is 0. The quantitative estimate of drug-likeness (QED) is 0.792. The van der Waals surface area contributed by atoms with E-state index >= 15 is 0 Å². The first kappa shape index (κ1) is 13.1. The molecule has 1 aromatic rings. The van der Waals surface area contributed by atoms with Gasteiger partial charge in [0.15, 0.2) is 4.90 Å². The maximum Gasteiger partial charge on any atom is 0.267 e. The van der Waals surface area contributed by atoms with E-state index in [2.05, 4.69) is 9.72 Å². The third kappa shape index (κ3) is 2.59. The van der Waals surface area contributed by atoms with Gasteiger partial charge in [0, 0.05) is 21.9 Å². The molecule has 0 aromatic carbocycles. The maximum absolute atomic E-state index is 12.6. The molecule has 0 aliphatic carbocycles. The molecule has 4 nitrogen and oxygen atoms in total. The summed E-state index contributed by atoms with van der Waals surface area (Å²) < 4.78 is 52.3. The van der Waals surface area contributed by atoms with Crippen LogP contribution >= 0.6 is 10.7 Å². The number of rotatable bonds is 3. The lowest BCUT2D eigenvalue weighted by Crippen LogP contribution is -2.05. The van der Waals surface area contributed by atoms with Gasteiger partial charge in [0.1, 0.15) is 0 Å². The van der Waals surface area contributed by atoms with E-state index in [9.17, 15) is 17.2 Å². The summed E-state index contributed by atoms with van der Waals surface area (Å²) in [6, 6.07) is 0.961. The van der Waals surface area contributed by atoms with Gasteiger partial charge in [-0.15, -0.1) is 0 Å². The lowest BCUT2D eigenvalue weighted by Gasteiger charge is -2.10. The Balaban J connectivity index is 3.65. The van der Waals surface area contributed by atoms with E-state index in [1.807, 2.05) is 0 Å². The molecule has 0 saturated heterocycles. The molecule has 0 radical (unpaired) electrons. The first-order chi connectivity index (χ1) is 7.27. The number of aryl methyl sites for hydroxylation is 1. The minimum atomic E-state index is -4.33. The van der Waals surface area contributed by atoms with Crippen molar-refractivity contribution in [2.24, 2.45) is 0 Å². The van der Waals surface area contributed by atoms with Crippen LogP contribution in [0.15, 0.2) is 11.0 Å². The van der Waals surface area contributed by atoms with Crippen LogP contribution < -0.4 is 4.74 Å². The zero-order chi connectivity index (χ0) is 12.5. The first-order valence-electron chi connectivity index (χ1n) is 4.05. The number of alkyl halides is 2. The molecular formula is C8H8ClF2NO3S. The van der Waals surface area contributed by atoms with Gasteiger partial charge in [0.25, 0.3) is 15.5 Å². The van der Waals surface area contributed by atoms with Crippen LogP contribution in [0.25, 0.3) is 0 Å². The van der Waals surface area contributed by atoms with Crippen molar-refractivity contribution in [2.45, 2.75) is 18.2 Å². The fourth-order valence-corrected chi connectivity index (χ4v) is 2.44. The Kier molecular flexibility index (Phi) is 3.69. The molecule has 0 aliphatic heterocycles. The lowest BCUT2D eigenvalue weighted by atomic mass is 10.2. The van der Waals surface area contributed by atoms with Crippen molar-refractivity contribution in [3.8, 4) is 5.88 Å². The summed E-state index contributed by atoms with van der Waals surface area (Å²) in [6.07, 6.45) is -2.97. The summed E-state index contributed by atoms with van der Waals surface area (Å²) in [4.78, 5) is 2.90. The number of halogens is 3. The van der Waals surface area contributed by atoms with Gasteiger partial charge in [-0.2, -0.15) is 0 Å². The highest BCUT2D eigenvalue weighted by Gasteiger charge is 2.28. The Morgan fingerprint density at radius 1 is 1.50 bits per heavy atom. The average molecular weight is 272 g/mol. The van der Waals surface area contributed by atoms with Crippen molar-refractivity contribution in [3.05, 3.63) is 17.3 Å². The number of pyridine rings is 1. The van der Waals surface area contributed by atoms with Crippen LogP contribution in [0.4, 0.5) is 8.78 Å². The second kappa shape index (κ2) is 4.50. The zero-order valence-corrected chi connectivity index (χ0v) is 9.94. The van der Waals surface area contributed by atoms with Crippen LogP contribution in [0.5, 0.6) is 5.88 Å². The van der Waals surface area contributed by atoms with E-state index in [4.69, 9.17) is 10.7 Å². The molecule has 1 heterocycles. The van der Waals surface area contributed by atoms with Gasteiger partial charge in [-0.3, -0.25) is 0 Å². The summed E-state index contributed by atoms with van der Waals surface area (Å²) in [6.45, 7) is 1.44. The van der Waals surface area contributed by atoms with Crippen molar-refractivity contribution >= 4 is 19.7 Å². The van der Waals surface area contributed by atoms with Crippen molar-refractivity contribution in [2.75, 3.05) is 7.11 Å². The Morgan fingerprint density at radius 3 is 2.44 bits per heavy atom. The third-order valence-electron chi connectivity index (χ3n) is 1.77. The smallest absolute Gasteiger partial charge is 0.267 e. The molecule has 0 atom stereocenters. The molecule has 0 aliphatic rings. The summed E-state index contributed by atoms with van der Waals surface area (Å²) in [7, 11) is 1.86. The monoisotopic (exact) mass is 271 g/mol. The highest BCUT2D eigenvalue weighted by atomic mass is 35.7. The van der Waals surface area contributed by atoms with E-state index in [1.165, 1.54) is 6.92 Å². The van der Waals surface area contributed by atoms with Crippen LogP contribution in [0.3, 0.4) is 0 Å². The number of aromatic nitrogens is 1. The lowest BCUT2D eigenvalue weighted by molar-refractivity contribution is 0.146. The molecule has 90 valence electrons. The molecule has 0 amide bonds. The van der Waals surface area contributed by atoms with Gasteiger partial charge in [-0.25, -0.2) is 22.2 Å². The summed E-state index contributed by atoms with van der Waals surface area (Å²) in [5.41, 5.74) is -0.490. The fraction of sp³-hybridized carbons (Fsp3) is 0.375. The molecule has 0 bridgehead atoms. The number of nitrogens with zero attached hydrogens (tertiary/aromatic N) is 1. The zero-order valence-electron chi connectivity index (χ0n) is 8.37. The molecule has 0 unspecified atom stereocenters. The van der Waals surface area contributed by atoms with Gasteiger partial charge in [0.05, 0.1) is 7.11 Å². The Labute approximate surface area is 95.6 Å². The maximum atomic E-state index is 12.6. The van der Waals surface area contributed by atoms with Gasteiger partial charge in [-0.1, -0.05) is 0 Å².